The molecule has 0 spiro atoms. The van der Waals surface area contributed by atoms with Crippen molar-refractivity contribution in [3.05, 3.63) is 23.9 Å². The predicted octanol–water partition coefficient (Wildman–Crippen LogP) is 0.475. The van der Waals surface area contributed by atoms with Crippen molar-refractivity contribution in [3.63, 3.8) is 0 Å². The lowest BCUT2D eigenvalue weighted by Gasteiger charge is -2.02. The average molecular weight is 305 g/mol. The van der Waals surface area contributed by atoms with Crippen LogP contribution in [0.4, 0.5) is 0 Å². The molecule has 0 aliphatic heterocycles. The molecule has 9 heteroatoms. The molecule has 2 aromatic rings. The van der Waals surface area contributed by atoms with Gasteiger partial charge in [-0.3, -0.25) is 4.98 Å². The first-order valence-corrected chi connectivity index (χ1v) is 6.71. The average Bonchev–Trinajstić information content (AvgIpc) is 2.96. The molecular formula is C13H15N5O4. The summed E-state index contributed by atoms with van der Waals surface area (Å²) in [5, 5.41) is 11.6. The lowest BCUT2D eigenvalue weighted by Crippen LogP contribution is -2.15. The summed E-state index contributed by atoms with van der Waals surface area (Å²) in [4.78, 5) is 28.2. The molecule has 0 aliphatic rings. The van der Waals surface area contributed by atoms with E-state index < -0.39 is 11.9 Å². The van der Waals surface area contributed by atoms with Gasteiger partial charge < -0.3 is 9.47 Å². The smallest absolute Gasteiger partial charge is 0.338 e. The van der Waals surface area contributed by atoms with Gasteiger partial charge in [0.25, 0.3) is 0 Å². The molecule has 0 saturated carbocycles. The Morgan fingerprint density at radius 2 is 2.00 bits per heavy atom. The highest BCUT2D eigenvalue weighted by molar-refractivity contribution is 5.90. The second-order valence-corrected chi connectivity index (χ2v) is 4.10. The van der Waals surface area contributed by atoms with Crippen LogP contribution < -0.4 is 0 Å². The number of carbonyl (C=O) groups is 2. The molecule has 0 unspecified atom stereocenters. The van der Waals surface area contributed by atoms with Gasteiger partial charge in [0, 0.05) is 6.20 Å². The molecule has 0 bridgehead atoms. The highest BCUT2D eigenvalue weighted by Crippen LogP contribution is 2.13. The number of tetrazole rings is 1. The van der Waals surface area contributed by atoms with E-state index in [9.17, 15) is 9.59 Å². The first kappa shape index (κ1) is 15.5. The molecule has 0 amide bonds. The molecule has 9 nitrogen and oxygen atoms in total. The van der Waals surface area contributed by atoms with Crippen LogP contribution in [0.15, 0.2) is 18.3 Å². The normalized spacial score (nSPS) is 10.3. The molecule has 2 aromatic heterocycles. The maximum absolute atomic E-state index is 11.7. The van der Waals surface area contributed by atoms with Gasteiger partial charge in [0.05, 0.1) is 18.8 Å². The summed E-state index contributed by atoms with van der Waals surface area (Å²) in [6.07, 6.45) is 1.45. The minimum atomic E-state index is -0.459. The summed E-state index contributed by atoms with van der Waals surface area (Å²) in [6, 6.07) is 3.04. The molecule has 22 heavy (non-hydrogen) atoms. The SMILES string of the molecule is CCOC(=O)Cn1nnc(-c2cc(C(=O)OCC)ccn2)n1. The molecule has 0 aromatic carbocycles. The third-order valence-corrected chi connectivity index (χ3v) is 2.53. The zero-order valence-corrected chi connectivity index (χ0v) is 12.2. The Kier molecular flexibility index (Phi) is 5.12. The number of rotatable bonds is 6. The molecule has 0 fully saturated rings. The maximum Gasteiger partial charge on any atom is 0.338 e. The monoisotopic (exact) mass is 305 g/mol. The van der Waals surface area contributed by atoms with Crippen LogP contribution in [0.1, 0.15) is 24.2 Å². The number of nitrogens with zero attached hydrogens (tertiary/aromatic N) is 5. The molecule has 0 aliphatic carbocycles. The van der Waals surface area contributed by atoms with Crippen molar-refractivity contribution in [2.75, 3.05) is 13.2 Å². The van der Waals surface area contributed by atoms with Crippen LogP contribution in [0.5, 0.6) is 0 Å². The van der Waals surface area contributed by atoms with E-state index in [1.165, 1.54) is 18.3 Å². The molecule has 0 N–H and O–H groups in total. The fraction of sp³-hybridized carbons (Fsp3) is 0.385. The Labute approximate surface area is 126 Å². The van der Waals surface area contributed by atoms with E-state index in [-0.39, 0.29) is 25.6 Å². The summed E-state index contributed by atoms with van der Waals surface area (Å²) >= 11 is 0. The first-order valence-electron chi connectivity index (χ1n) is 6.71. The Hall–Kier alpha value is -2.84. The molecule has 116 valence electrons. The van der Waals surface area contributed by atoms with E-state index in [4.69, 9.17) is 9.47 Å². The van der Waals surface area contributed by atoms with E-state index in [1.807, 2.05) is 0 Å². The molecular weight excluding hydrogens is 290 g/mol. The van der Waals surface area contributed by atoms with E-state index >= 15 is 0 Å². The van der Waals surface area contributed by atoms with Crippen molar-refractivity contribution in [2.24, 2.45) is 0 Å². The van der Waals surface area contributed by atoms with Crippen LogP contribution in [0, 0.1) is 0 Å². The van der Waals surface area contributed by atoms with Gasteiger partial charge >= 0.3 is 11.9 Å². The van der Waals surface area contributed by atoms with Crippen molar-refractivity contribution in [2.45, 2.75) is 20.4 Å². The zero-order valence-electron chi connectivity index (χ0n) is 12.2. The summed E-state index contributed by atoms with van der Waals surface area (Å²) in [7, 11) is 0. The molecule has 0 atom stereocenters. The third kappa shape index (κ3) is 3.84. The van der Waals surface area contributed by atoms with Gasteiger partial charge in [-0.25, -0.2) is 9.59 Å². The number of ether oxygens (including phenoxy) is 2. The minimum Gasteiger partial charge on any atom is -0.465 e. The van der Waals surface area contributed by atoms with Gasteiger partial charge in [-0.2, -0.15) is 4.80 Å². The van der Waals surface area contributed by atoms with Crippen molar-refractivity contribution in [3.8, 4) is 11.5 Å². The lowest BCUT2D eigenvalue weighted by atomic mass is 10.2. The standard InChI is InChI=1S/C13H15N5O4/c1-3-21-11(19)8-18-16-12(15-17-18)10-7-9(5-6-14-10)13(20)22-4-2/h5-7H,3-4,8H2,1-2H3. The fourth-order valence-corrected chi connectivity index (χ4v) is 1.63. The van der Waals surface area contributed by atoms with Gasteiger partial charge in [-0.1, -0.05) is 0 Å². The highest BCUT2D eigenvalue weighted by atomic mass is 16.5. The number of esters is 2. The van der Waals surface area contributed by atoms with Gasteiger partial charge in [-0.15, -0.1) is 10.2 Å². The highest BCUT2D eigenvalue weighted by Gasteiger charge is 2.13. The van der Waals surface area contributed by atoms with Crippen LogP contribution in [0.25, 0.3) is 11.5 Å². The van der Waals surface area contributed by atoms with E-state index in [2.05, 4.69) is 20.4 Å². The zero-order chi connectivity index (χ0) is 15.9. The van der Waals surface area contributed by atoms with Crippen molar-refractivity contribution in [1.82, 2.24) is 25.2 Å². The van der Waals surface area contributed by atoms with Crippen molar-refractivity contribution in [1.29, 1.82) is 0 Å². The second kappa shape index (κ2) is 7.25. The largest absolute Gasteiger partial charge is 0.465 e. The first-order chi connectivity index (χ1) is 10.6. The van der Waals surface area contributed by atoms with Crippen LogP contribution in [-0.4, -0.2) is 50.3 Å². The number of hydrogen-bond acceptors (Lipinski definition) is 8. The molecule has 2 heterocycles. The van der Waals surface area contributed by atoms with Gasteiger partial charge in [0.15, 0.2) is 6.54 Å². The number of pyridine rings is 1. The van der Waals surface area contributed by atoms with Crippen LogP contribution in [-0.2, 0) is 20.8 Å². The molecule has 0 radical (unpaired) electrons. The van der Waals surface area contributed by atoms with Crippen LogP contribution in [0.3, 0.4) is 0 Å². The second-order valence-electron chi connectivity index (χ2n) is 4.10. The van der Waals surface area contributed by atoms with Gasteiger partial charge in [0.2, 0.25) is 5.82 Å². The quantitative estimate of drug-likeness (QED) is 0.709. The van der Waals surface area contributed by atoms with E-state index in [0.29, 0.717) is 11.3 Å². The number of aromatic nitrogens is 5. The number of carbonyl (C=O) groups excluding carboxylic acids is 2. The van der Waals surface area contributed by atoms with Crippen LogP contribution in [0.2, 0.25) is 0 Å². The third-order valence-electron chi connectivity index (χ3n) is 2.53. The van der Waals surface area contributed by atoms with E-state index in [1.54, 1.807) is 13.8 Å². The minimum absolute atomic E-state index is 0.140. The van der Waals surface area contributed by atoms with E-state index in [0.717, 1.165) is 4.80 Å². The Bertz CT molecular complexity index is 670. The lowest BCUT2D eigenvalue weighted by molar-refractivity contribution is -0.144. The predicted molar refractivity (Wildman–Crippen MR) is 73.6 cm³/mol. The van der Waals surface area contributed by atoms with Gasteiger partial charge in [-0.05, 0) is 31.2 Å². The molecule has 0 saturated heterocycles. The summed E-state index contributed by atoms with van der Waals surface area (Å²) < 4.78 is 9.71. The Morgan fingerprint density at radius 3 is 2.73 bits per heavy atom. The topological polar surface area (TPSA) is 109 Å². The Morgan fingerprint density at radius 1 is 1.23 bits per heavy atom. The molecule has 2 rings (SSSR count). The fourth-order valence-electron chi connectivity index (χ4n) is 1.63. The number of hydrogen-bond donors (Lipinski definition) is 0. The van der Waals surface area contributed by atoms with Crippen LogP contribution >= 0.6 is 0 Å². The van der Waals surface area contributed by atoms with Crippen molar-refractivity contribution >= 4 is 11.9 Å². The van der Waals surface area contributed by atoms with Gasteiger partial charge in [0.1, 0.15) is 5.69 Å². The maximum atomic E-state index is 11.7. The van der Waals surface area contributed by atoms with Crippen molar-refractivity contribution < 1.29 is 19.1 Å². The summed E-state index contributed by atoms with van der Waals surface area (Å²) in [5.41, 5.74) is 0.703. The summed E-state index contributed by atoms with van der Waals surface area (Å²) in [6.45, 7) is 3.86. The summed E-state index contributed by atoms with van der Waals surface area (Å²) in [5.74, 6) is -0.708. The Balaban J connectivity index is 2.15.